The van der Waals surface area contributed by atoms with E-state index in [-0.39, 0.29) is 5.69 Å². The molecule has 0 unspecified atom stereocenters. The Morgan fingerprint density at radius 2 is 0.831 bits per heavy atom. The summed E-state index contributed by atoms with van der Waals surface area (Å²) in [5.74, 6) is 0. The van der Waals surface area contributed by atoms with E-state index in [0.29, 0.717) is 11.3 Å². The Morgan fingerprint density at radius 3 is 1.31 bits per heavy atom. The summed E-state index contributed by atoms with van der Waals surface area (Å²) >= 11 is 0. The highest BCUT2D eigenvalue weighted by Crippen LogP contribution is 2.38. The number of benzene rings is 5. The van der Waals surface area contributed by atoms with Gasteiger partial charge in [0.1, 0.15) is 0 Å². The maximum absolute atomic E-state index is 11.6. The van der Waals surface area contributed by atoms with Gasteiger partial charge in [0.15, 0.2) is 0 Å². The van der Waals surface area contributed by atoms with E-state index in [2.05, 4.69) is 112 Å². The average Bonchev–Trinajstić information content (AvgIpc) is 4.13. The van der Waals surface area contributed by atoms with Crippen LogP contribution < -0.4 is 0 Å². The number of nitrogens with zero attached hydrogens (tertiary/aromatic N) is 4. The number of hydrogen-bond donors (Lipinski definition) is 2. The molecule has 5 aromatic carbocycles. The van der Waals surface area contributed by atoms with Crippen molar-refractivity contribution in [2.24, 2.45) is 4.99 Å². The summed E-state index contributed by atoms with van der Waals surface area (Å²) < 4.78 is 0. The first-order chi connectivity index (χ1) is 29.1. The van der Waals surface area contributed by atoms with Crippen molar-refractivity contribution in [1.29, 1.82) is 0 Å². The molecule has 2 aliphatic rings. The van der Waals surface area contributed by atoms with Crippen LogP contribution in [0, 0.1) is 10.1 Å². The van der Waals surface area contributed by atoms with Crippen molar-refractivity contribution in [3.63, 3.8) is 0 Å². The molecular formula is C51H34N6O2. The van der Waals surface area contributed by atoms with E-state index in [0.717, 1.165) is 89.4 Å². The normalized spacial score (nSPS) is 12.0. The van der Waals surface area contributed by atoms with Crippen molar-refractivity contribution in [2.45, 2.75) is 0 Å². The van der Waals surface area contributed by atoms with Gasteiger partial charge in [0.05, 0.1) is 38.9 Å². The molecule has 8 aromatic rings. The SMILES string of the molecule is O=[N+]([O-])c1ccccc1C=Nc1ccc(-c2c3nc(c(-c4ccccc4)c4ccc([nH]4)c(-c4ccccc4)c4ccc([nH]4)c(-c4ccccc4)c4nc2C=C4)C=C3)cc1. The van der Waals surface area contributed by atoms with E-state index < -0.39 is 4.92 Å². The summed E-state index contributed by atoms with van der Waals surface area (Å²) in [5.41, 5.74) is 16.0. The summed E-state index contributed by atoms with van der Waals surface area (Å²) in [7, 11) is 0. The number of nitro groups is 1. The third-order valence-electron chi connectivity index (χ3n) is 10.6. The smallest absolute Gasteiger partial charge is 0.278 e. The maximum atomic E-state index is 11.6. The monoisotopic (exact) mass is 762 g/mol. The minimum absolute atomic E-state index is 0.00455. The Balaban J connectivity index is 1.26. The number of hydrogen-bond acceptors (Lipinski definition) is 5. The van der Waals surface area contributed by atoms with Gasteiger partial charge in [-0.2, -0.15) is 0 Å². The minimum Gasteiger partial charge on any atom is -0.354 e. The number of aliphatic imine (C=N–C) groups is 1. The van der Waals surface area contributed by atoms with Crippen LogP contribution in [-0.2, 0) is 0 Å². The lowest BCUT2D eigenvalue weighted by Gasteiger charge is -2.07. The van der Waals surface area contributed by atoms with Crippen molar-refractivity contribution in [3.05, 3.63) is 202 Å². The van der Waals surface area contributed by atoms with Crippen molar-refractivity contribution in [1.82, 2.24) is 19.9 Å². The molecule has 0 atom stereocenters. The number of nitrogens with one attached hydrogen (secondary N) is 2. The molecule has 8 nitrogen and oxygen atoms in total. The van der Waals surface area contributed by atoms with Gasteiger partial charge in [0, 0.05) is 56.6 Å². The maximum Gasteiger partial charge on any atom is 0.278 e. The van der Waals surface area contributed by atoms with Gasteiger partial charge in [0.2, 0.25) is 0 Å². The van der Waals surface area contributed by atoms with Gasteiger partial charge < -0.3 is 9.97 Å². The summed E-state index contributed by atoms with van der Waals surface area (Å²) in [4.78, 5) is 34.2. The number of fused-ring (bicyclic) bond motifs is 8. The Hall–Kier alpha value is -8.23. The van der Waals surface area contributed by atoms with Gasteiger partial charge in [0.25, 0.3) is 5.69 Å². The zero-order valence-corrected chi connectivity index (χ0v) is 31.6. The van der Waals surface area contributed by atoms with Crippen LogP contribution in [0.5, 0.6) is 0 Å². The zero-order valence-electron chi connectivity index (χ0n) is 31.6. The van der Waals surface area contributed by atoms with Gasteiger partial charge >= 0.3 is 0 Å². The number of aromatic nitrogens is 4. The van der Waals surface area contributed by atoms with Gasteiger partial charge in [-0.25, -0.2) is 9.97 Å². The second kappa shape index (κ2) is 15.0. The number of rotatable bonds is 7. The quantitative estimate of drug-likeness (QED) is 0.0956. The second-order valence-corrected chi connectivity index (χ2v) is 14.2. The molecular weight excluding hydrogens is 729 g/mol. The van der Waals surface area contributed by atoms with Crippen LogP contribution >= 0.6 is 0 Å². The van der Waals surface area contributed by atoms with Gasteiger partial charge in [-0.1, -0.05) is 115 Å². The van der Waals surface area contributed by atoms with E-state index in [1.807, 2.05) is 66.7 Å². The lowest BCUT2D eigenvalue weighted by molar-refractivity contribution is -0.385. The predicted octanol–water partition coefficient (Wildman–Crippen LogP) is 13.0. The van der Waals surface area contributed by atoms with Crippen LogP contribution in [0.2, 0.25) is 0 Å². The van der Waals surface area contributed by atoms with E-state index >= 15 is 0 Å². The standard InChI is InChI=1S/C51H34N6O2/c58-57(59)47-19-11-10-18-37(47)32-52-38-22-20-36(21-23-38)51-45-30-28-43(55-45)49(34-14-6-2-7-15-34)41-26-24-39(53-41)48(33-12-4-1-5-13-33)40-25-27-42(54-40)50(35-16-8-3-9-17-35)44-29-31-46(51)56-44/h1-32,53-54H. The largest absolute Gasteiger partial charge is 0.354 e. The van der Waals surface area contributed by atoms with Gasteiger partial charge in [-0.3, -0.25) is 15.1 Å². The van der Waals surface area contributed by atoms with E-state index in [1.54, 1.807) is 18.2 Å². The van der Waals surface area contributed by atoms with Crippen LogP contribution in [0.3, 0.4) is 0 Å². The molecule has 8 bridgehead atoms. The minimum atomic E-state index is -0.398. The van der Waals surface area contributed by atoms with Crippen molar-refractivity contribution >= 4 is 64.0 Å². The molecule has 3 aromatic heterocycles. The Bertz CT molecular complexity index is 3020. The Morgan fingerprint density at radius 1 is 0.441 bits per heavy atom. The summed E-state index contributed by atoms with van der Waals surface area (Å²) in [6.45, 7) is 0. The van der Waals surface area contributed by atoms with Crippen molar-refractivity contribution in [2.75, 3.05) is 0 Å². The molecule has 2 N–H and O–H groups in total. The average molecular weight is 763 g/mol. The predicted molar refractivity (Wildman–Crippen MR) is 241 cm³/mol. The van der Waals surface area contributed by atoms with Crippen LogP contribution in [0.4, 0.5) is 11.4 Å². The summed E-state index contributed by atoms with van der Waals surface area (Å²) in [5, 5.41) is 11.6. The molecule has 0 radical (unpaired) electrons. The molecule has 280 valence electrons. The Labute approximate surface area is 339 Å². The van der Waals surface area contributed by atoms with Crippen LogP contribution in [0.15, 0.2) is 169 Å². The van der Waals surface area contributed by atoms with Crippen LogP contribution in [0.25, 0.3) is 90.9 Å². The fourth-order valence-corrected chi connectivity index (χ4v) is 7.86. The molecule has 0 amide bonds. The molecule has 10 rings (SSSR count). The molecule has 59 heavy (non-hydrogen) atoms. The molecule has 5 heterocycles. The van der Waals surface area contributed by atoms with E-state index in [1.165, 1.54) is 12.3 Å². The highest BCUT2D eigenvalue weighted by molar-refractivity contribution is 6.00. The van der Waals surface area contributed by atoms with Crippen LogP contribution in [0.1, 0.15) is 28.3 Å². The zero-order chi connectivity index (χ0) is 39.7. The first kappa shape index (κ1) is 35.2. The molecule has 0 aliphatic carbocycles. The fraction of sp³-hybridized carbons (Fsp3) is 0. The molecule has 2 aliphatic heterocycles. The molecule has 8 heteroatoms. The Kier molecular flexibility index (Phi) is 8.96. The van der Waals surface area contributed by atoms with E-state index in [9.17, 15) is 10.1 Å². The van der Waals surface area contributed by atoms with Crippen LogP contribution in [-0.4, -0.2) is 31.1 Å². The first-order valence-corrected chi connectivity index (χ1v) is 19.3. The third-order valence-corrected chi connectivity index (χ3v) is 10.6. The number of nitro benzene ring substituents is 1. The summed E-state index contributed by atoms with van der Waals surface area (Å²) in [6, 6.07) is 54.1. The van der Waals surface area contributed by atoms with E-state index in [4.69, 9.17) is 9.97 Å². The molecule has 0 fully saturated rings. The highest BCUT2D eigenvalue weighted by atomic mass is 16.6. The highest BCUT2D eigenvalue weighted by Gasteiger charge is 2.20. The summed E-state index contributed by atoms with van der Waals surface area (Å²) in [6.07, 6.45) is 9.80. The lowest BCUT2D eigenvalue weighted by Crippen LogP contribution is -1.93. The first-order valence-electron chi connectivity index (χ1n) is 19.3. The second-order valence-electron chi connectivity index (χ2n) is 14.2. The van der Waals surface area contributed by atoms with Crippen molar-refractivity contribution in [3.8, 4) is 44.5 Å². The number of aromatic amines is 2. The molecule has 0 saturated heterocycles. The topological polar surface area (TPSA) is 113 Å². The molecule has 0 spiro atoms. The number of H-pyrrole nitrogens is 2. The molecule has 0 saturated carbocycles. The number of para-hydroxylation sites is 1. The van der Waals surface area contributed by atoms with Gasteiger partial charge in [-0.05, 0) is 89.0 Å². The van der Waals surface area contributed by atoms with Gasteiger partial charge in [-0.15, -0.1) is 0 Å². The van der Waals surface area contributed by atoms with Crippen molar-refractivity contribution < 1.29 is 4.92 Å². The lowest BCUT2D eigenvalue weighted by atomic mass is 10.0. The third kappa shape index (κ3) is 6.74. The fourth-order valence-electron chi connectivity index (χ4n) is 7.86.